The molecule has 0 radical (unpaired) electrons. The molecule has 5 heteroatoms. The number of hydrogen-bond donors (Lipinski definition) is 1. The Bertz CT molecular complexity index is 682. The first kappa shape index (κ1) is 11.4. The first-order valence-electron chi connectivity index (χ1n) is 5.40. The molecule has 90 valence electrons. The average Bonchev–Trinajstić information content (AvgIpc) is 2.31. The van der Waals surface area contributed by atoms with Crippen molar-refractivity contribution >= 4 is 10.9 Å². The number of nitrogens with zero attached hydrogens (tertiary/aromatic N) is 1. The van der Waals surface area contributed by atoms with Crippen LogP contribution in [0.5, 0.6) is 5.75 Å². The van der Waals surface area contributed by atoms with Crippen molar-refractivity contribution in [1.29, 1.82) is 0 Å². The molecule has 0 amide bonds. The molecule has 0 spiro atoms. The number of H-pyrrole nitrogens is 1. The van der Waals surface area contributed by atoms with E-state index in [4.69, 9.17) is 4.74 Å². The number of rotatable bonds is 2. The van der Waals surface area contributed by atoms with Crippen molar-refractivity contribution in [3.63, 3.8) is 0 Å². The van der Waals surface area contributed by atoms with Crippen LogP contribution >= 0.6 is 0 Å². The Labute approximate surface area is 97.7 Å². The molecule has 0 saturated heterocycles. The molecule has 17 heavy (non-hydrogen) atoms. The van der Waals surface area contributed by atoms with Gasteiger partial charge in [-0.25, -0.2) is 4.79 Å². The number of methoxy groups -OCH3 is 1. The third-order valence-corrected chi connectivity index (χ3v) is 2.81. The van der Waals surface area contributed by atoms with Gasteiger partial charge in [-0.3, -0.25) is 9.36 Å². The zero-order valence-corrected chi connectivity index (χ0v) is 10.0. The smallest absolute Gasteiger partial charge is 0.328 e. The van der Waals surface area contributed by atoms with Crippen molar-refractivity contribution in [2.24, 2.45) is 0 Å². The van der Waals surface area contributed by atoms with Gasteiger partial charge in [0.1, 0.15) is 5.75 Å². The number of nitrogens with one attached hydrogen (secondary N) is 1. The minimum absolute atomic E-state index is 0.284. The van der Waals surface area contributed by atoms with E-state index in [1.807, 2.05) is 6.92 Å². The van der Waals surface area contributed by atoms with Gasteiger partial charge in [-0.1, -0.05) is 0 Å². The van der Waals surface area contributed by atoms with E-state index < -0.39 is 0 Å². The molecule has 0 aliphatic rings. The van der Waals surface area contributed by atoms with Crippen LogP contribution in [0, 0.1) is 6.92 Å². The predicted octanol–water partition coefficient (Wildman–Crippen LogP) is 1.03. The minimum atomic E-state index is -0.377. The van der Waals surface area contributed by atoms with Gasteiger partial charge in [-0.2, -0.15) is 0 Å². The van der Waals surface area contributed by atoms with Crippen LogP contribution in [-0.4, -0.2) is 16.7 Å². The van der Waals surface area contributed by atoms with Gasteiger partial charge in [-0.05, 0) is 31.5 Å². The van der Waals surface area contributed by atoms with E-state index in [1.54, 1.807) is 26.2 Å². The molecule has 1 heterocycles. The van der Waals surface area contributed by atoms with Gasteiger partial charge in [0.2, 0.25) is 0 Å². The van der Waals surface area contributed by atoms with Gasteiger partial charge in [0.15, 0.2) is 0 Å². The molecule has 0 saturated carbocycles. The third-order valence-electron chi connectivity index (χ3n) is 2.81. The summed E-state index contributed by atoms with van der Waals surface area (Å²) in [6, 6.07) is 3.43. The van der Waals surface area contributed by atoms with Crippen molar-refractivity contribution in [3.8, 4) is 5.75 Å². The van der Waals surface area contributed by atoms with E-state index in [-0.39, 0.29) is 11.2 Å². The van der Waals surface area contributed by atoms with Crippen LogP contribution in [0.25, 0.3) is 10.9 Å². The summed E-state index contributed by atoms with van der Waals surface area (Å²) in [6.45, 7) is 3.94. The molecular formula is C12H14N2O3. The summed E-state index contributed by atoms with van der Waals surface area (Å²) in [6.07, 6.45) is 0. The number of aryl methyl sites for hydroxylation is 1. The maximum absolute atomic E-state index is 12.1. The van der Waals surface area contributed by atoms with Crippen molar-refractivity contribution < 1.29 is 4.74 Å². The molecule has 0 atom stereocenters. The Kier molecular flexibility index (Phi) is 2.75. The highest BCUT2D eigenvalue weighted by Gasteiger charge is 2.09. The molecule has 1 aromatic carbocycles. The standard InChI is InChI=1S/C12H14N2O3/c1-4-14-11(15)9-6-8(17-3)5-7(2)10(9)13-12(14)16/h5-6H,4H2,1-3H3,(H,13,16). The van der Waals surface area contributed by atoms with Crippen molar-refractivity contribution in [2.75, 3.05) is 7.11 Å². The average molecular weight is 234 g/mol. The van der Waals surface area contributed by atoms with Crippen LogP contribution in [0.2, 0.25) is 0 Å². The van der Waals surface area contributed by atoms with Crippen LogP contribution in [0.3, 0.4) is 0 Å². The largest absolute Gasteiger partial charge is 0.497 e. The monoisotopic (exact) mass is 234 g/mol. The molecule has 0 fully saturated rings. The zero-order chi connectivity index (χ0) is 12.6. The van der Waals surface area contributed by atoms with Gasteiger partial charge in [0.05, 0.1) is 18.0 Å². The van der Waals surface area contributed by atoms with Crippen LogP contribution in [0.4, 0.5) is 0 Å². The Balaban J connectivity index is 2.98. The maximum atomic E-state index is 12.1. The Morgan fingerprint density at radius 1 is 1.35 bits per heavy atom. The molecule has 5 nitrogen and oxygen atoms in total. The second-order valence-electron chi connectivity index (χ2n) is 3.85. The van der Waals surface area contributed by atoms with Gasteiger partial charge < -0.3 is 9.72 Å². The second kappa shape index (κ2) is 4.08. The van der Waals surface area contributed by atoms with Crippen molar-refractivity contribution in [2.45, 2.75) is 20.4 Å². The summed E-state index contributed by atoms with van der Waals surface area (Å²) in [5.74, 6) is 0.613. The van der Waals surface area contributed by atoms with E-state index in [0.717, 1.165) is 5.56 Å². The molecule has 1 N–H and O–H groups in total. The van der Waals surface area contributed by atoms with E-state index in [9.17, 15) is 9.59 Å². The number of ether oxygens (including phenoxy) is 1. The Morgan fingerprint density at radius 2 is 2.06 bits per heavy atom. The van der Waals surface area contributed by atoms with Gasteiger partial charge in [-0.15, -0.1) is 0 Å². The first-order chi connectivity index (χ1) is 8.08. The number of benzene rings is 1. The molecule has 2 aromatic rings. The lowest BCUT2D eigenvalue weighted by molar-refractivity contribution is 0.415. The normalized spacial score (nSPS) is 10.8. The highest BCUT2D eigenvalue weighted by Crippen LogP contribution is 2.19. The molecule has 0 aliphatic heterocycles. The Morgan fingerprint density at radius 3 is 2.65 bits per heavy atom. The summed E-state index contributed by atoms with van der Waals surface area (Å²) in [4.78, 5) is 26.5. The fourth-order valence-electron chi connectivity index (χ4n) is 1.91. The summed E-state index contributed by atoms with van der Waals surface area (Å²) in [5, 5.41) is 0.475. The predicted molar refractivity (Wildman–Crippen MR) is 65.8 cm³/mol. The van der Waals surface area contributed by atoms with Crippen molar-refractivity contribution in [3.05, 3.63) is 38.5 Å². The van der Waals surface area contributed by atoms with E-state index in [0.29, 0.717) is 23.2 Å². The van der Waals surface area contributed by atoms with Crippen molar-refractivity contribution in [1.82, 2.24) is 9.55 Å². The van der Waals surface area contributed by atoms with Crippen LogP contribution in [0.1, 0.15) is 12.5 Å². The number of aromatic nitrogens is 2. The van der Waals surface area contributed by atoms with Gasteiger partial charge in [0, 0.05) is 6.54 Å². The lowest BCUT2D eigenvalue weighted by Gasteiger charge is -2.08. The molecular weight excluding hydrogens is 220 g/mol. The summed E-state index contributed by atoms with van der Waals surface area (Å²) >= 11 is 0. The lowest BCUT2D eigenvalue weighted by atomic mass is 10.1. The topological polar surface area (TPSA) is 64.1 Å². The zero-order valence-electron chi connectivity index (χ0n) is 10.0. The summed E-state index contributed by atoms with van der Waals surface area (Å²) < 4.78 is 6.29. The number of aromatic amines is 1. The highest BCUT2D eigenvalue weighted by molar-refractivity contribution is 5.82. The highest BCUT2D eigenvalue weighted by atomic mass is 16.5. The first-order valence-corrected chi connectivity index (χ1v) is 5.40. The maximum Gasteiger partial charge on any atom is 0.328 e. The van der Waals surface area contributed by atoms with Gasteiger partial charge >= 0.3 is 5.69 Å². The van der Waals surface area contributed by atoms with Gasteiger partial charge in [0.25, 0.3) is 5.56 Å². The number of fused-ring (bicyclic) bond motifs is 1. The summed E-state index contributed by atoms with van der Waals surface area (Å²) in [7, 11) is 1.55. The lowest BCUT2D eigenvalue weighted by Crippen LogP contribution is -2.34. The second-order valence-corrected chi connectivity index (χ2v) is 3.85. The van der Waals surface area contributed by atoms with Crippen LogP contribution < -0.4 is 16.0 Å². The molecule has 0 bridgehead atoms. The fraction of sp³-hybridized carbons (Fsp3) is 0.333. The summed E-state index contributed by atoms with van der Waals surface area (Å²) in [5.41, 5.74) is 0.730. The quantitative estimate of drug-likeness (QED) is 0.844. The van der Waals surface area contributed by atoms with Crippen LogP contribution in [-0.2, 0) is 6.54 Å². The fourth-order valence-corrected chi connectivity index (χ4v) is 1.91. The molecule has 2 rings (SSSR count). The molecule has 0 unspecified atom stereocenters. The molecule has 0 aliphatic carbocycles. The van der Waals surface area contributed by atoms with E-state index in [2.05, 4.69) is 4.98 Å². The van der Waals surface area contributed by atoms with Crippen LogP contribution in [0.15, 0.2) is 21.7 Å². The number of hydrogen-bond acceptors (Lipinski definition) is 3. The third kappa shape index (κ3) is 1.73. The van der Waals surface area contributed by atoms with E-state index >= 15 is 0 Å². The minimum Gasteiger partial charge on any atom is -0.497 e. The SMILES string of the molecule is CCn1c(=O)[nH]c2c(C)cc(OC)cc2c1=O. The Hall–Kier alpha value is -2.04. The molecule has 1 aromatic heterocycles. The van der Waals surface area contributed by atoms with E-state index in [1.165, 1.54) is 4.57 Å².